The Kier molecular flexibility index (Phi) is 6.32. The number of nitrogens with one attached hydrogen (secondary N) is 1. The highest BCUT2D eigenvalue weighted by Gasteiger charge is 2.10. The molecule has 0 aliphatic carbocycles. The van der Waals surface area contributed by atoms with Crippen molar-refractivity contribution < 1.29 is 9.53 Å². The second-order valence-corrected chi connectivity index (χ2v) is 2.34. The van der Waals surface area contributed by atoms with Crippen molar-refractivity contribution in [2.45, 2.75) is 13.0 Å². The Morgan fingerprint density at radius 1 is 1.83 bits per heavy atom. The Balaban J connectivity index is 3.53. The van der Waals surface area contributed by atoms with Gasteiger partial charge in [0.25, 0.3) is 0 Å². The van der Waals surface area contributed by atoms with Gasteiger partial charge >= 0.3 is 0 Å². The maximum atomic E-state index is 11.1. The molecule has 0 bridgehead atoms. The van der Waals surface area contributed by atoms with Gasteiger partial charge in [0.15, 0.2) is 0 Å². The maximum absolute atomic E-state index is 11.1. The van der Waals surface area contributed by atoms with Gasteiger partial charge < -0.3 is 15.8 Å². The van der Waals surface area contributed by atoms with Gasteiger partial charge in [0.2, 0.25) is 5.91 Å². The van der Waals surface area contributed by atoms with Crippen molar-refractivity contribution in [3.63, 3.8) is 0 Å². The van der Waals surface area contributed by atoms with Crippen LogP contribution in [0.5, 0.6) is 0 Å². The molecular formula is C8H16N2O2. The van der Waals surface area contributed by atoms with Gasteiger partial charge in [-0.2, -0.15) is 0 Å². The Morgan fingerprint density at radius 2 is 2.50 bits per heavy atom. The van der Waals surface area contributed by atoms with E-state index < -0.39 is 6.10 Å². The van der Waals surface area contributed by atoms with Gasteiger partial charge in [0.1, 0.15) is 6.10 Å². The van der Waals surface area contributed by atoms with E-state index in [1.54, 1.807) is 13.0 Å². The van der Waals surface area contributed by atoms with Gasteiger partial charge in [-0.15, -0.1) is 6.58 Å². The fourth-order valence-electron chi connectivity index (χ4n) is 0.637. The lowest BCUT2D eigenvalue weighted by molar-refractivity contribution is -0.131. The number of hydrogen-bond donors (Lipinski definition) is 2. The summed E-state index contributed by atoms with van der Waals surface area (Å²) in [5.74, 6) is -0.136. The summed E-state index contributed by atoms with van der Waals surface area (Å²) in [5, 5.41) is 2.62. The van der Waals surface area contributed by atoms with Gasteiger partial charge in [-0.25, -0.2) is 0 Å². The van der Waals surface area contributed by atoms with Crippen LogP contribution in [0.4, 0.5) is 0 Å². The molecular weight excluding hydrogens is 156 g/mol. The third-order valence-electron chi connectivity index (χ3n) is 1.28. The average Bonchev–Trinajstić information content (AvgIpc) is 2.10. The molecule has 0 rings (SSSR count). The van der Waals surface area contributed by atoms with E-state index >= 15 is 0 Å². The molecule has 1 atom stereocenters. The normalized spacial score (nSPS) is 12.2. The molecule has 4 heteroatoms. The Labute approximate surface area is 72.8 Å². The van der Waals surface area contributed by atoms with Crippen LogP contribution >= 0.6 is 0 Å². The van der Waals surface area contributed by atoms with E-state index in [0.29, 0.717) is 19.7 Å². The number of ether oxygens (including phenoxy) is 1. The zero-order valence-corrected chi connectivity index (χ0v) is 7.38. The second-order valence-electron chi connectivity index (χ2n) is 2.34. The number of carbonyl (C=O) groups excluding carboxylic acids is 1. The summed E-state index contributed by atoms with van der Waals surface area (Å²) in [5.41, 5.74) is 5.20. The number of rotatable bonds is 6. The lowest BCUT2D eigenvalue weighted by atomic mass is 10.3. The first-order valence-corrected chi connectivity index (χ1v) is 3.92. The fraction of sp³-hybridized carbons (Fsp3) is 0.625. The summed E-state index contributed by atoms with van der Waals surface area (Å²) in [6.45, 7) is 6.47. The first kappa shape index (κ1) is 11.1. The lowest BCUT2D eigenvalue weighted by Gasteiger charge is -2.11. The first-order chi connectivity index (χ1) is 5.72. The number of amides is 1. The zero-order valence-electron chi connectivity index (χ0n) is 7.38. The quantitative estimate of drug-likeness (QED) is 0.538. The van der Waals surface area contributed by atoms with E-state index in [1.807, 2.05) is 0 Å². The molecule has 0 saturated heterocycles. The van der Waals surface area contributed by atoms with Crippen LogP contribution in [0.1, 0.15) is 6.92 Å². The van der Waals surface area contributed by atoms with Crippen LogP contribution in [0, 0.1) is 0 Å². The van der Waals surface area contributed by atoms with Gasteiger partial charge in [0, 0.05) is 13.1 Å². The molecule has 12 heavy (non-hydrogen) atoms. The van der Waals surface area contributed by atoms with Gasteiger partial charge in [-0.1, -0.05) is 6.08 Å². The van der Waals surface area contributed by atoms with Crippen molar-refractivity contribution in [1.29, 1.82) is 0 Å². The Hall–Kier alpha value is -0.870. The van der Waals surface area contributed by atoms with E-state index in [1.165, 1.54) is 0 Å². The van der Waals surface area contributed by atoms with Crippen LogP contribution in [-0.4, -0.2) is 31.7 Å². The highest BCUT2D eigenvalue weighted by atomic mass is 16.5. The third kappa shape index (κ3) is 4.87. The van der Waals surface area contributed by atoms with Gasteiger partial charge in [-0.05, 0) is 6.92 Å². The number of nitrogens with two attached hydrogens (primary N) is 1. The molecule has 0 aromatic heterocycles. The summed E-state index contributed by atoms with van der Waals surface area (Å²) in [6, 6.07) is 0. The highest BCUT2D eigenvalue weighted by molar-refractivity contribution is 5.80. The van der Waals surface area contributed by atoms with Crippen molar-refractivity contribution in [3.8, 4) is 0 Å². The molecule has 0 spiro atoms. The zero-order chi connectivity index (χ0) is 9.40. The fourth-order valence-corrected chi connectivity index (χ4v) is 0.637. The van der Waals surface area contributed by atoms with E-state index in [9.17, 15) is 4.79 Å². The minimum atomic E-state index is -0.437. The SMILES string of the molecule is C=CCNC(=O)C(C)OCCN. The van der Waals surface area contributed by atoms with E-state index in [-0.39, 0.29) is 5.91 Å². The number of hydrogen-bond acceptors (Lipinski definition) is 3. The van der Waals surface area contributed by atoms with Crippen molar-refractivity contribution in [3.05, 3.63) is 12.7 Å². The van der Waals surface area contributed by atoms with E-state index in [4.69, 9.17) is 10.5 Å². The Morgan fingerprint density at radius 3 is 3.00 bits per heavy atom. The van der Waals surface area contributed by atoms with Crippen LogP contribution in [0.15, 0.2) is 12.7 Å². The molecule has 1 amide bonds. The van der Waals surface area contributed by atoms with Crippen LogP contribution in [0.25, 0.3) is 0 Å². The predicted octanol–water partition coefficient (Wildman–Crippen LogP) is -0.348. The molecule has 1 unspecified atom stereocenters. The topological polar surface area (TPSA) is 64.3 Å². The lowest BCUT2D eigenvalue weighted by Crippen LogP contribution is -2.35. The summed E-state index contributed by atoms with van der Waals surface area (Å²) in [7, 11) is 0. The van der Waals surface area contributed by atoms with Gasteiger partial charge in [0.05, 0.1) is 6.61 Å². The van der Waals surface area contributed by atoms with E-state index in [2.05, 4.69) is 11.9 Å². The first-order valence-electron chi connectivity index (χ1n) is 3.92. The molecule has 0 radical (unpaired) electrons. The largest absolute Gasteiger partial charge is 0.367 e. The van der Waals surface area contributed by atoms with Crippen LogP contribution in [0.3, 0.4) is 0 Å². The summed E-state index contributed by atoms with van der Waals surface area (Å²) < 4.78 is 5.08. The smallest absolute Gasteiger partial charge is 0.249 e. The van der Waals surface area contributed by atoms with Gasteiger partial charge in [-0.3, -0.25) is 4.79 Å². The highest BCUT2D eigenvalue weighted by Crippen LogP contribution is 1.88. The molecule has 0 aromatic rings. The molecule has 0 fully saturated rings. The number of carbonyl (C=O) groups is 1. The molecule has 0 aliphatic rings. The average molecular weight is 172 g/mol. The maximum Gasteiger partial charge on any atom is 0.249 e. The summed E-state index contributed by atoms with van der Waals surface area (Å²) in [6.07, 6.45) is 1.18. The molecule has 0 aromatic carbocycles. The van der Waals surface area contributed by atoms with E-state index in [0.717, 1.165) is 0 Å². The minimum absolute atomic E-state index is 0.136. The van der Waals surface area contributed by atoms with Crippen molar-refractivity contribution in [2.75, 3.05) is 19.7 Å². The molecule has 4 nitrogen and oxygen atoms in total. The van der Waals surface area contributed by atoms with Crippen LogP contribution < -0.4 is 11.1 Å². The summed E-state index contributed by atoms with van der Waals surface area (Å²) in [4.78, 5) is 11.1. The predicted molar refractivity (Wildman–Crippen MR) is 47.7 cm³/mol. The second kappa shape index (κ2) is 6.82. The Bertz CT molecular complexity index is 148. The standard InChI is InChI=1S/C8H16N2O2/c1-3-5-10-8(11)7(2)12-6-4-9/h3,7H,1,4-6,9H2,2H3,(H,10,11). The monoisotopic (exact) mass is 172 g/mol. The van der Waals surface area contributed by atoms with Crippen LogP contribution in [-0.2, 0) is 9.53 Å². The molecule has 70 valence electrons. The summed E-state index contributed by atoms with van der Waals surface area (Å²) >= 11 is 0. The molecule has 0 saturated carbocycles. The van der Waals surface area contributed by atoms with Crippen LogP contribution in [0.2, 0.25) is 0 Å². The minimum Gasteiger partial charge on any atom is -0.367 e. The third-order valence-corrected chi connectivity index (χ3v) is 1.28. The van der Waals surface area contributed by atoms with Crippen molar-refractivity contribution in [1.82, 2.24) is 5.32 Å². The van der Waals surface area contributed by atoms with Crippen molar-refractivity contribution >= 4 is 5.91 Å². The molecule has 3 N–H and O–H groups in total. The molecule has 0 aliphatic heterocycles. The van der Waals surface area contributed by atoms with Crippen molar-refractivity contribution in [2.24, 2.45) is 5.73 Å². The molecule has 0 heterocycles.